The molecule has 3 atom stereocenters. The third kappa shape index (κ3) is 2.59. The van der Waals surface area contributed by atoms with Crippen molar-refractivity contribution < 1.29 is 4.79 Å². The van der Waals surface area contributed by atoms with Crippen molar-refractivity contribution in [3.63, 3.8) is 0 Å². The van der Waals surface area contributed by atoms with Crippen LogP contribution in [0.4, 0.5) is 0 Å². The van der Waals surface area contributed by atoms with Crippen LogP contribution in [0.5, 0.6) is 0 Å². The van der Waals surface area contributed by atoms with Crippen LogP contribution in [0.15, 0.2) is 18.2 Å². The molecule has 1 N–H and O–H groups in total. The van der Waals surface area contributed by atoms with Crippen molar-refractivity contribution in [1.29, 1.82) is 0 Å². The van der Waals surface area contributed by atoms with Crippen LogP contribution in [-0.2, 0) is 4.79 Å². The number of carbonyl (C=O) groups excluding carboxylic acids is 1. The van der Waals surface area contributed by atoms with Gasteiger partial charge in [0.25, 0.3) is 0 Å². The summed E-state index contributed by atoms with van der Waals surface area (Å²) in [6.07, 6.45) is 3.40. The Bertz CT molecular complexity index is 550. The molecule has 2 fully saturated rings. The van der Waals surface area contributed by atoms with E-state index in [0.29, 0.717) is 17.9 Å². The van der Waals surface area contributed by atoms with E-state index in [0.717, 1.165) is 19.3 Å². The largest absolute Gasteiger partial charge is 0.319 e. The van der Waals surface area contributed by atoms with Crippen LogP contribution >= 0.6 is 0 Å². The summed E-state index contributed by atoms with van der Waals surface area (Å²) in [4.78, 5) is 15.0. The molecule has 3 unspecified atom stereocenters. The van der Waals surface area contributed by atoms with Gasteiger partial charge in [-0.2, -0.15) is 0 Å². The highest BCUT2D eigenvalue weighted by atomic mass is 16.2. The van der Waals surface area contributed by atoms with E-state index in [1.54, 1.807) is 0 Å². The summed E-state index contributed by atoms with van der Waals surface area (Å²) in [5, 5.41) is 3.62. The number of hydrogen-bond acceptors (Lipinski definition) is 2. The van der Waals surface area contributed by atoms with E-state index >= 15 is 0 Å². The molecule has 1 aliphatic heterocycles. The second-order valence-corrected chi connectivity index (χ2v) is 6.77. The van der Waals surface area contributed by atoms with Crippen LogP contribution in [0.25, 0.3) is 0 Å². The zero-order chi connectivity index (χ0) is 15.1. The maximum atomic E-state index is 12.8. The average Bonchev–Trinajstić information content (AvgIpc) is 3.24. The molecule has 21 heavy (non-hydrogen) atoms. The highest BCUT2D eigenvalue weighted by Gasteiger charge is 2.48. The number of nitrogens with one attached hydrogen (secondary N) is 1. The fraction of sp³-hybridized carbons (Fsp3) is 0.611. The van der Waals surface area contributed by atoms with Gasteiger partial charge in [0.05, 0.1) is 6.04 Å². The van der Waals surface area contributed by atoms with Crippen LogP contribution in [0.2, 0.25) is 0 Å². The SMILES string of the molecule is CCC(C)C1NC(c2cc(C)ccc2C)N(C2CC2)C1=O. The monoisotopic (exact) mass is 286 g/mol. The van der Waals surface area contributed by atoms with E-state index in [2.05, 4.69) is 56.1 Å². The molecule has 2 aliphatic rings. The number of carbonyl (C=O) groups is 1. The normalized spacial score (nSPS) is 27.2. The molecule has 1 heterocycles. The molecule has 0 aromatic heterocycles. The summed E-state index contributed by atoms with van der Waals surface area (Å²) in [7, 11) is 0. The summed E-state index contributed by atoms with van der Waals surface area (Å²) in [5.41, 5.74) is 3.79. The van der Waals surface area contributed by atoms with Crippen molar-refractivity contribution in [2.45, 2.75) is 65.2 Å². The van der Waals surface area contributed by atoms with Gasteiger partial charge in [-0.3, -0.25) is 10.1 Å². The van der Waals surface area contributed by atoms with Crippen LogP contribution in [0.1, 0.15) is 56.0 Å². The first-order valence-corrected chi connectivity index (χ1v) is 8.18. The summed E-state index contributed by atoms with van der Waals surface area (Å²) in [6.45, 7) is 8.59. The van der Waals surface area contributed by atoms with Crippen molar-refractivity contribution in [3.8, 4) is 0 Å². The van der Waals surface area contributed by atoms with Gasteiger partial charge in [-0.1, -0.05) is 44.0 Å². The lowest BCUT2D eigenvalue weighted by atomic mass is 9.99. The summed E-state index contributed by atoms with van der Waals surface area (Å²) in [5.74, 6) is 0.687. The van der Waals surface area contributed by atoms with E-state index in [1.165, 1.54) is 16.7 Å². The standard InChI is InChI=1S/C18H26N2O/c1-5-12(3)16-18(21)20(14-8-9-14)17(19-16)15-10-11(2)6-7-13(15)4/h6-7,10,12,14,16-17,19H,5,8-9H2,1-4H3. The van der Waals surface area contributed by atoms with Crippen LogP contribution in [-0.4, -0.2) is 22.9 Å². The van der Waals surface area contributed by atoms with Gasteiger partial charge in [0, 0.05) is 6.04 Å². The average molecular weight is 286 g/mol. The smallest absolute Gasteiger partial charge is 0.241 e. The Balaban J connectivity index is 1.96. The Morgan fingerprint density at radius 3 is 2.67 bits per heavy atom. The molecule has 3 rings (SSSR count). The van der Waals surface area contributed by atoms with Crippen molar-refractivity contribution in [1.82, 2.24) is 10.2 Å². The van der Waals surface area contributed by atoms with Crippen LogP contribution in [0.3, 0.4) is 0 Å². The molecular formula is C18H26N2O. The minimum absolute atomic E-state index is 0.0273. The first-order valence-electron chi connectivity index (χ1n) is 8.18. The maximum absolute atomic E-state index is 12.8. The number of rotatable bonds is 4. The molecule has 0 radical (unpaired) electrons. The van der Waals surface area contributed by atoms with Gasteiger partial charge in [-0.15, -0.1) is 0 Å². The van der Waals surface area contributed by atoms with Crippen molar-refractivity contribution in [2.75, 3.05) is 0 Å². The maximum Gasteiger partial charge on any atom is 0.241 e. The Hall–Kier alpha value is -1.35. The molecule has 1 amide bonds. The highest BCUT2D eigenvalue weighted by Crippen LogP contribution is 2.39. The molecule has 0 bridgehead atoms. The highest BCUT2D eigenvalue weighted by molar-refractivity contribution is 5.85. The Morgan fingerprint density at radius 2 is 2.05 bits per heavy atom. The number of amides is 1. The van der Waals surface area contributed by atoms with Crippen molar-refractivity contribution >= 4 is 5.91 Å². The second kappa shape index (κ2) is 5.45. The summed E-state index contributed by atoms with van der Waals surface area (Å²) >= 11 is 0. The molecule has 1 saturated carbocycles. The number of hydrogen-bond donors (Lipinski definition) is 1. The molecule has 1 saturated heterocycles. The molecule has 1 aromatic carbocycles. The minimum Gasteiger partial charge on any atom is -0.319 e. The van der Waals surface area contributed by atoms with Gasteiger partial charge >= 0.3 is 0 Å². The summed E-state index contributed by atoms with van der Waals surface area (Å²) < 4.78 is 0. The number of nitrogens with zero attached hydrogens (tertiary/aromatic N) is 1. The first-order chi connectivity index (χ1) is 10.0. The van der Waals surface area contributed by atoms with Gasteiger partial charge in [-0.25, -0.2) is 0 Å². The van der Waals surface area contributed by atoms with Crippen molar-refractivity contribution in [2.24, 2.45) is 5.92 Å². The minimum atomic E-state index is -0.0273. The lowest BCUT2D eigenvalue weighted by Gasteiger charge is -2.26. The molecule has 1 aromatic rings. The molecule has 3 heteroatoms. The lowest BCUT2D eigenvalue weighted by molar-refractivity contribution is -0.131. The fourth-order valence-corrected chi connectivity index (χ4v) is 3.29. The van der Waals surface area contributed by atoms with Crippen LogP contribution < -0.4 is 5.32 Å². The lowest BCUT2D eigenvalue weighted by Crippen LogP contribution is -2.36. The van der Waals surface area contributed by atoms with E-state index in [9.17, 15) is 4.79 Å². The fourth-order valence-electron chi connectivity index (χ4n) is 3.29. The van der Waals surface area contributed by atoms with Gasteiger partial charge < -0.3 is 4.90 Å². The Kier molecular flexibility index (Phi) is 3.78. The van der Waals surface area contributed by atoms with Gasteiger partial charge in [-0.05, 0) is 43.7 Å². The van der Waals surface area contributed by atoms with E-state index in [4.69, 9.17) is 0 Å². The predicted molar refractivity (Wildman–Crippen MR) is 84.9 cm³/mol. The zero-order valence-electron chi connectivity index (χ0n) is 13.5. The van der Waals surface area contributed by atoms with E-state index in [-0.39, 0.29) is 12.2 Å². The predicted octanol–water partition coefficient (Wildman–Crippen LogP) is 3.31. The van der Waals surface area contributed by atoms with Crippen molar-refractivity contribution in [3.05, 3.63) is 34.9 Å². The molecule has 3 nitrogen and oxygen atoms in total. The summed E-state index contributed by atoms with van der Waals surface area (Å²) in [6, 6.07) is 6.96. The van der Waals surface area contributed by atoms with Gasteiger partial charge in [0.15, 0.2) is 0 Å². The molecular weight excluding hydrogens is 260 g/mol. The second-order valence-electron chi connectivity index (χ2n) is 6.77. The first kappa shape index (κ1) is 14.6. The molecule has 0 spiro atoms. The van der Waals surface area contributed by atoms with E-state index < -0.39 is 0 Å². The molecule has 114 valence electrons. The van der Waals surface area contributed by atoms with Crippen LogP contribution in [0, 0.1) is 19.8 Å². The van der Waals surface area contributed by atoms with Gasteiger partial charge in [0.2, 0.25) is 5.91 Å². The number of aryl methyl sites for hydroxylation is 2. The third-order valence-corrected chi connectivity index (χ3v) is 5.02. The Morgan fingerprint density at radius 1 is 1.33 bits per heavy atom. The zero-order valence-corrected chi connectivity index (χ0v) is 13.5. The van der Waals surface area contributed by atoms with E-state index in [1.807, 2.05) is 0 Å². The Labute approximate surface area is 127 Å². The number of benzene rings is 1. The quantitative estimate of drug-likeness (QED) is 0.921. The third-order valence-electron chi connectivity index (χ3n) is 5.02. The van der Waals surface area contributed by atoms with Gasteiger partial charge in [0.1, 0.15) is 6.17 Å². The topological polar surface area (TPSA) is 32.3 Å². The molecule has 1 aliphatic carbocycles.